The fourth-order valence-corrected chi connectivity index (χ4v) is 4.59. The van der Waals surface area contributed by atoms with Crippen LogP contribution in [-0.2, 0) is 24.4 Å². The number of hydrogen-bond donors (Lipinski definition) is 1. The van der Waals surface area contributed by atoms with Crippen LogP contribution in [0.1, 0.15) is 61.9 Å². The minimum Gasteiger partial charge on any atom is -0.465 e. The highest BCUT2D eigenvalue weighted by atomic mass is 16.5. The van der Waals surface area contributed by atoms with Crippen LogP contribution in [-0.4, -0.2) is 37.8 Å². The minimum atomic E-state index is -0.396. The van der Waals surface area contributed by atoms with Crippen LogP contribution in [0.15, 0.2) is 33.9 Å². The molecule has 33 heavy (non-hydrogen) atoms. The number of aromatic nitrogens is 4. The Bertz CT molecular complexity index is 1260. The zero-order chi connectivity index (χ0) is 23.5. The summed E-state index contributed by atoms with van der Waals surface area (Å²) in [6.07, 6.45) is 5.66. The summed E-state index contributed by atoms with van der Waals surface area (Å²) < 4.78 is 9.47. The maximum absolute atomic E-state index is 13.3. The molecule has 4 rings (SSSR count). The average molecular weight is 454 g/mol. The van der Waals surface area contributed by atoms with Gasteiger partial charge in [0, 0.05) is 19.1 Å². The molecule has 1 aliphatic rings. The first-order chi connectivity index (χ1) is 16.0. The Morgan fingerprint density at radius 2 is 1.70 bits per heavy atom. The van der Waals surface area contributed by atoms with Gasteiger partial charge in [-0.25, -0.2) is 9.59 Å². The third-order valence-electron chi connectivity index (χ3n) is 6.40. The van der Waals surface area contributed by atoms with Crippen LogP contribution in [0.4, 0.5) is 5.95 Å². The third-order valence-corrected chi connectivity index (χ3v) is 6.40. The molecule has 2 aromatic heterocycles. The fraction of sp³-hybridized carbons (Fsp3) is 0.500. The molecule has 1 aromatic carbocycles. The molecule has 1 aliphatic carbocycles. The molecule has 176 valence electrons. The third kappa shape index (κ3) is 4.31. The smallest absolute Gasteiger partial charge is 0.337 e. The number of benzene rings is 1. The number of fused-ring (bicyclic) bond motifs is 1. The van der Waals surface area contributed by atoms with Crippen LogP contribution in [0.3, 0.4) is 0 Å². The molecule has 0 bridgehead atoms. The van der Waals surface area contributed by atoms with Crippen LogP contribution in [0.2, 0.25) is 0 Å². The Kier molecular flexibility index (Phi) is 6.67. The van der Waals surface area contributed by atoms with E-state index in [0.29, 0.717) is 35.8 Å². The zero-order valence-corrected chi connectivity index (χ0v) is 19.5. The SMILES string of the molecule is CCn1c(=O)c2c(nc(NC3CCCCC3)n2Cc2ccc(C(=O)OC)cc2)n(CC)c1=O. The molecule has 0 atom stereocenters. The Labute approximate surface area is 192 Å². The van der Waals surface area contributed by atoms with E-state index in [1.165, 1.54) is 18.1 Å². The van der Waals surface area contributed by atoms with E-state index in [1.807, 2.05) is 23.6 Å². The molecule has 2 heterocycles. The second-order valence-electron chi connectivity index (χ2n) is 8.44. The molecular formula is C24H31N5O4. The lowest BCUT2D eigenvalue weighted by Gasteiger charge is -2.23. The number of anilines is 1. The van der Waals surface area contributed by atoms with Crippen molar-refractivity contribution in [3.8, 4) is 0 Å². The summed E-state index contributed by atoms with van der Waals surface area (Å²) in [4.78, 5) is 42.8. The van der Waals surface area contributed by atoms with Gasteiger partial charge in [0.15, 0.2) is 11.2 Å². The summed E-state index contributed by atoms with van der Waals surface area (Å²) in [7, 11) is 1.35. The van der Waals surface area contributed by atoms with Crippen LogP contribution in [0, 0.1) is 0 Å². The van der Waals surface area contributed by atoms with E-state index in [0.717, 1.165) is 31.2 Å². The molecule has 0 spiro atoms. The molecule has 3 aromatic rings. The van der Waals surface area contributed by atoms with E-state index in [9.17, 15) is 14.4 Å². The van der Waals surface area contributed by atoms with Crippen molar-refractivity contribution < 1.29 is 9.53 Å². The highest BCUT2D eigenvalue weighted by Crippen LogP contribution is 2.24. The van der Waals surface area contributed by atoms with Crippen LogP contribution >= 0.6 is 0 Å². The van der Waals surface area contributed by atoms with E-state index in [4.69, 9.17) is 9.72 Å². The molecule has 9 heteroatoms. The van der Waals surface area contributed by atoms with Gasteiger partial charge < -0.3 is 10.1 Å². The number of carbonyl (C=O) groups excluding carboxylic acids is 1. The van der Waals surface area contributed by atoms with Gasteiger partial charge in [0.1, 0.15) is 0 Å². The summed E-state index contributed by atoms with van der Waals surface area (Å²) in [5, 5.41) is 3.55. The topological polar surface area (TPSA) is 100 Å². The lowest BCUT2D eigenvalue weighted by Crippen LogP contribution is -2.40. The molecule has 1 fully saturated rings. The van der Waals surface area contributed by atoms with Crippen molar-refractivity contribution in [1.82, 2.24) is 18.7 Å². The number of hydrogen-bond acceptors (Lipinski definition) is 6. The van der Waals surface area contributed by atoms with E-state index in [-0.39, 0.29) is 23.8 Å². The maximum atomic E-state index is 13.3. The van der Waals surface area contributed by atoms with E-state index < -0.39 is 5.97 Å². The normalized spacial score (nSPS) is 14.5. The van der Waals surface area contributed by atoms with Gasteiger partial charge in [-0.05, 0) is 44.4 Å². The number of methoxy groups -OCH3 is 1. The van der Waals surface area contributed by atoms with Crippen molar-refractivity contribution in [2.75, 3.05) is 12.4 Å². The van der Waals surface area contributed by atoms with Gasteiger partial charge in [-0.3, -0.25) is 18.5 Å². The number of nitrogens with zero attached hydrogens (tertiary/aromatic N) is 4. The number of esters is 1. The van der Waals surface area contributed by atoms with Gasteiger partial charge in [0.25, 0.3) is 5.56 Å². The minimum absolute atomic E-state index is 0.284. The Morgan fingerprint density at radius 1 is 1.03 bits per heavy atom. The van der Waals surface area contributed by atoms with Gasteiger partial charge in [-0.15, -0.1) is 0 Å². The highest BCUT2D eigenvalue weighted by Gasteiger charge is 2.23. The largest absolute Gasteiger partial charge is 0.465 e. The van der Waals surface area contributed by atoms with Gasteiger partial charge >= 0.3 is 11.7 Å². The zero-order valence-electron chi connectivity index (χ0n) is 19.5. The molecule has 0 unspecified atom stereocenters. The van der Waals surface area contributed by atoms with E-state index >= 15 is 0 Å². The first-order valence-electron chi connectivity index (χ1n) is 11.7. The Hall–Kier alpha value is -3.36. The summed E-state index contributed by atoms with van der Waals surface area (Å²) in [5.41, 5.74) is 1.51. The Balaban J connectivity index is 1.85. The number of aryl methyl sites for hydroxylation is 1. The van der Waals surface area contributed by atoms with Crippen LogP contribution < -0.4 is 16.6 Å². The summed E-state index contributed by atoms with van der Waals surface area (Å²) in [5.74, 6) is 0.202. The summed E-state index contributed by atoms with van der Waals surface area (Å²) in [6.45, 7) is 4.77. The maximum Gasteiger partial charge on any atom is 0.337 e. The molecule has 0 saturated heterocycles. The number of ether oxygens (including phenoxy) is 1. The average Bonchev–Trinajstić information content (AvgIpc) is 3.17. The molecule has 1 N–H and O–H groups in total. The number of imidazole rings is 1. The first-order valence-corrected chi connectivity index (χ1v) is 11.7. The van der Waals surface area contributed by atoms with Crippen molar-refractivity contribution in [3.63, 3.8) is 0 Å². The monoisotopic (exact) mass is 453 g/mol. The number of nitrogens with one attached hydrogen (secondary N) is 1. The summed E-state index contributed by atoms with van der Waals surface area (Å²) >= 11 is 0. The lowest BCUT2D eigenvalue weighted by molar-refractivity contribution is 0.0600. The quantitative estimate of drug-likeness (QED) is 0.552. The lowest BCUT2D eigenvalue weighted by atomic mass is 9.96. The molecular weight excluding hydrogens is 422 g/mol. The molecule has 0 radical (unpaired) electrons. The molecule has 0 aliphatic heterocycles. The summed E-state index contributed by atoms with van der Waals surface area (Å²) in [6, 6.07) is 7.39. The van der Waals surface area contributed by atoms with Crippen LogP contribution in [0.5, 0.6) is 0 Å². The van der Waals surface area contributed by atoms with E-state index in [2.05, 4.69) is 5.32 Å². The van der Waals surface area contributed by atoms with E-state index in [1.54, 1.807) is 23.6 Å². The molecule has 0 amide bonds. The second-order valence-corrected chi connectivity index (χ2v) is 8.44. The highest BCUT2D eigenvalue weighted by molar-refractivity contribution is 5.89. The van der Waals surface area contributed by atoms with Gasteiger partial charge in [0.05, 0.1) is 19.2 Å². The predicted molar refractivity (Wildman–Crippen MR) is 127 cm³/mol. The van der Waals surface area contributed by atoms with Crippen molar-refractivity contribution in [3.05, 3.63) is 56.2 Å². The van der Waals surface area contributed by atoms with Gasteiger partial charge in [-0.1, -0.05) is 31.4 Å². The van der Waals surface area contributed by atoms with Gasteiger partial charge in [0.2, 0.25) is 5.95 Å². The predicted octanol–water partition coefficient (Wildman–Crippen LogP) is 2.98. The van der Waals surface area contributed by atoms with Gasteiger partial charge in [-0.2, -0.15) is 4.98 Å². The molecule has 9 nitrogen and oxygen atoms in total. The first kappa shape index (κ1) is 22.8. The van der Waals surface area contributed by atoms with Crippen LogP contribution in [0.25, 0.3) is 11.2 Å². The second kappa shape index (κ2) is 9.64. The standard InChI is InChI=1S/C24H31N5O4/c1-4-27-20-19(21(30)28(5-2)24(27)32)29(23(26-20)25-18-9-7-6-8-10-18)15-16-11-13-17(14-12-16)22(31)33-3/h11-14,18H,4-10,15H2,1-3H3,(H,25,26). The fourth-order valence-electron chi connectivity index (χ4n) is 4.59. The van der Waals surface area contributed by atoms with Crippen molar-refractivity contribution in [1.29, 1.82) is 0 Å². The molecule has 1 saturated carbocycles. The van der Waals surface area contributed by atoms with Crippen molar-refractivity contribution in [2.24, 2.45) is 0 Å². The number of rotatable bonds is 7. The van der Waals surface area contributed by atoms with Crippen molar-refractivity contribution in [2.45, 2.75) is 71.6 Å². The van der Waals surface area contributed by atoms with Crippen molar-refractivity contribution >= 4 is 23.1 Å². The number of carbonyl (C=O) groups is 1. The Morgan fingerprint density at radius 3 is 2.30 bits per heavy atom.